The van der Waals surface area contributed by atoms with Gasteiger partial charge in [0.1, 0.15) is 0 Å². The molecule has 1 fully saturated rings. The number of hydrogen-bond donors (Lipinski definition) is 1. The van der Waals surface area contributed by atoms with Gasteiger partial charge in [0.2, 0.25) is 20.0 Å². The van der Waals surface area contributed by atoms with Gasteiger partial charge in [0.05, 0.1) is 15.3 Å². The molecule has 0 amide bonds. The quantitative estimate of drug-likeness (QED) is 0.249. The van der Waals surface area contributed by atoms with Crippen LogP contribution in [0.3, 0.4) is 0 Å². The van der Waals surface area contributed by atoms with Crippen molar-refractivity contribution in [1.29, 1.82) is 0 Å². The van der Waals surface area contributed by atoms with Crippen LogP contribution in [0.4, 0.5) is 5.69 Å². The van der Waals surface area contributed by atoms with Crippen molar-refractivity contribution in [3.63, 3.8) is 0 Å². The smallest absolute Gasteiger partial charge is 0.243 e. The third kappa shape index (κ3) is 5.14. The molecule has 3 aliphatic heterocycles. The minimum absolute atomic E-state index is 0.267. The molecule has 3 heterocycles. The molecule has 1 spiro atoms. The van der Waals surface area contributed by atoms with Gasteiger partial charge in [-0.25, -0.2) is 16.8 Å². The van der Waals surface area contributed by atoms with Gasteiger partial charge in [-0.05, 0) is 111 Å². The van der Waals surface area contributed by atoms with Crippen LogP contribution in [0, 0.1) is 41.5 Å². The molecule has 9 heteroatoms. The second-order valence-corrected chi connectivity index (χ2v) is 17.6. The fourth-order valence-electron chi connectivity index (χ4n) is 8.63. The van der Waals surface area contributed by atoms with Crippen LogP contribution in [-0.4, -0.2) is 57.2 Å². The first-order valence-electron chi connectivity index (χ1n) is 16.4. The van der Waals surface area contributed by atoms with E-state index in [0.29, 0.717) is 48.7 Å². The monoisotopic (exact) mass is 669 g/mol. The van der Waals surface area contributed by atoms with Crippen molar-refractivity contribution in [2.75, 3.05) is 31.5 Å². The van der Waals surface area contributed by atoms with Crippen molar-refractivity contribution in [2.45, 2.75) is 76.1 Å². The van der Waals surface area contributed by atoms with Crippen molar-refractivity contribution < 1.29 is 16.8 Å². The number of benzene rings is 4. The van der Waals surface area contributed by atoms with Gasteiger partial charge >= 0.3 is 0 Å². The zero-order valence-electron chi connectivity index (χ0n) is 28.1. The zero-order valence-corrected chi connectivity index (χ0v) is 29.7. The maximum absolute atomic E-state index is 14.4. The molecule has 0 aliphatic carbocycles. The van der Waals surface area contributed by atoms with Crippen molar-refractivity contribution in [3.8, 4) is 0 Å². The highest BCUT2D eigenvalue weighted by molar-refractivity contribution is 7.89. The maximum Gasteiger partial charge on any atom is 0.243 e. The van der Waals surface area contributed by atoms with E-state index in [9.17, 15) is 16.8 Å². The molecule has 3 aliphatic rings. The maximum atomic E-state index is 14.4. The molecule has 0 aromatic heterocycles. The second kappa shape index (κ2) is 11.3. The van der Waals surface area contributed by atoms with Gasteiger partial charge in [-0.15, -0.1) is 0 Å². The van der Waals surface area contributed by atoms with Crippen molar-refractivity contribution in [3.05, 3.63) is 105 Å². The number of hydrogen-bond acceptors (Lipinski definition) is 5. The van der Waals surface area contributed by atoms with Gasteiger partial charge < -0.3 is 5.32 Å². The summed E-state index contributed by atoms with van der Waals surface area (Å²) in [5.74, 6) is 0. The van der Waals surface area contributed by atoms with Crippen LogP contribution in [0.5, 0.6) is 0 Å². The number of sulfonamides is 2. The van der Waals surface area contributed by atoms with Crippen LogP contribution in [0.15, 0.2) is 76.0 Å². The molecule has 7 rings (SSSR count). The molecule has 1 saturated heterocycles. The van der Waals surface area contributed by atoms with Gasteiger partial charge in [0.15, 0.2) is 0 Å². The minimum Gasteiger partial charge on any atom is -0.375 e. The Morgan fingerprint density at radius 2 is 1.19 bits per heavy atom. The minimum atomic E-state index is -3.78. The molecule has 47 heavy (non-hydrogen) atoms. The Hall–Kier alpha value is -3.50. The lowest BCUT2D eigenvalue weighted by Gasteiger charge is -2.50. The highest BCUT2D eigenvalue weighted by Crippen LogP contribution is 2.50. The first-order valence-corrected chi connectivity index (χ1v) is 19.3. The van der Waals surface area contributed by atoms with E-state index >= 15 is 0 Å². The Bertz CT molecular complexity index is 2170. The standard InChI is InChI=1S/C38H43N3O4S2/c1-24-19-26(3)36(27(4)20-24)46(42,43)40-17-14-38(15-18-40)33-23-41(47(44,45)37-28(5)21-25(2)22-29(37)6)16-13-32(33)35-31-10-8-7-9-30(31)11-12-34(35)39-38/h7-12,19-22,39H,13-18,23H2,1-6H3. The molecule has 4 aromatic carbocycles. The number of nitrogens with one attached hydrogen (secondary N) is 1. The second-order valence-electron chi connectivity index (χ2n) is 13.8. The van der Waals surface area contributed by atoms with Crippen molar-refractivity contribution in [1.82, 2.24) is 8.61 Å². The van der Waals surface area contributed by atoms with Gasteiger partial charge in [-0.2, -0.15) is 8.61 Å². The number of fused-ring (bicyclic) bond motifs is 5. The molecule has 0 radical (unpaired) electrons. The van der Waals surface area contributed by atoms with Crippen molar-refractivity contribution in [2.24, 2.45) is 0 Å². The van der Waals surface area contributed by atoms with E-state index in [1.807, 2.05) is 77.9 Å². The third-order valence-corrected chi connectivity index (χ3v) is 14.8. The number of aryl methyl sites for hydroxylation is 6. The molecule has 1 N–H and O–H groups in total. The number of anilines is 1. The van der Waals surface area contributed by atoms with Crippen LogP contribution in [0.2, 0.25) is 0 Å². The summed E-state index contributed by atoms with van der Waals surface area (Å²) >= 11 is 0. The van der Waals surface area contributed by atoms with E-state index in [4.69, 9.17) is 0 Å². The van der Waals surface area contributed by atoms with Gasteiger partial charge in [0.25, 0.3) is 0 Å². The van der Waals surface area contributed by atoms with Crippen LogP contribution >= 0.6 is 0 Å². The Labute approximate surface area is 279 Å². The lowest BCUT2D eigenvalue weighted by Crippen LogP contribution is -2.56. The van der Waals surface area contributed by atoms with Crippen molar-refractivity contribution >= 4 is 42.1 Å². The molecular formula is C38H43N3O4S2. The zero-order chi connectivity index (χ0) is 33.5. The summed E-state index contributed by atoms with van der Waals surface area (Å²) in [4.78, 5) is 0.784. The van der Waals surface area contributed by atoms with Crippen LogP contribution in [0.1, 0.15) is 58.2 Å². The summed E-state index contributed by atoms with van der Waals surface area (Å²) < 4.78 is 60.2. The summed E-state index contributed by atoms with van der Waals surface area (Å²) in [6, 6.07) is 20.3. The predicted molar refractivity (Wildman–Crippen MR) is 190 cm³/mol. The topological polar surface area (TPSA) is 86.8 Å². The highest BCUT2D eigenvalue weighted by Gasteiger charge is 2.48. The van der Waals surface area contributed by atoms with E-state index in [0.717, 1.165) is 61.0 Å². The van der Waals surface area contributed by atoms with Gasteiger partial charge in [0, 0.05) is 37.4 Å². The Kier molecular flexibility index (Phi) is 7.71. The molecule has 4 aromatic rings. The predicted octanol–water partition coefficient (Wildman–Crippen LogP) is 7.19. The first-order chi connectivity index (χ1) is 22.2. The lowest BCUT2D eigenvalue weighted by molar-refractivity contribution is 0.267. The van der Waals surface area contributed by atoms with E-state index in [-0.39, 0.29) is 6.54 Å². The highest BCUT2D eigenvalue weighted by atomic mass is 32.2. The molecule has 0 saturated carbocycles. The van der Waals surface area contributed by atoms with Crippen LogP contribution in [-0.2, 0) is 20.0 Å². The van der Waals surface area contributed by atoms with Crippen LogP contribution in [0.25, 0.3) is 16.3 Å². The average Bonchev–Trinajstić information content (AvgIpc) is 2.99. The van der Waals surface area contributed by atoms with E-state index in [1.54, 1.807) is 8.61 Å². The SMILES string of the molecule is Cc1cc(C)c(S(=O)(=O)N2CCC3(CC2)Nc2ccc4ccccc4c2C2=C3CN(S(=O)(=O)c3c(C)cc(C)cc3C)CC2)c(C)c1. The molecule has 0 bridgehead atoms. The van der Waals surface area contributed by atoms with E-state index < -0.39 is 25.6 Å². The number of piperidine rings is 1. The summed E-state index contributed by atoms with van der Waals surface area (Å²) in [6.07, 6.45) is 1.67. The molecular weight excluding hydrogens is 627 g/mol. The number of rotatable bonds is 4. The number of nitrogens with zero attached hydrogens (tertiary/aromatic N) is 2. The lowest BCUT2D eigenvalue weighted by atomic mass is 9.72. The van der Waals surface area contributed by atoms with Crippen LogP contribution < -0.4 is 5.32 Å². The van der Waals surface area contributed by atoms with E-state index in [1.165, 1.54) is 5.57 Å². The summed E-state index contributed by atoms with van der Waals surface area (Å²) in [6.45, 7) is 12.8. The molecule has 0 unspecified atom stereocenters. The Morgan fingerprint density at radius 3 is 1.77 bits per heavy atom. The van der Waals surface area contributed by atoms with E-state index in [2.05, 4.69) is 29.6 Å². The molecule has 7 nitrogen and oxygen atoms in total. The largest absolute Gasteiger partial charge is 0.375 e. The molecule has 246 valence electrons. The summed E-state index contributed by atoms with van der Waals surface area (Å²) in [5, 5.41) is 6.17. The normalized spacial score (nSPS) is 18.7. The fourth-order valence-corrected chi connectivity index (χ4v) is 12.3. The third-order valence-electron chi connectivity index (χ3n) is 10.5. The molecule has 0 atom stereocenters. The van der Waals surface area contributed by atoms with Gasteiger partial charge in [-0.3, -0.25) is 0 Å². The average molecular weight is 670 g/mol. The first kappa shape index (κ1) is 32.1. The Morgan fingerprint density at radius 1 is 0.660 bits per heavy atom. The van der Waals surface area contributed by atoms with Gasteiger partial charge in [-0.1, -0.05) is 65.7 Å². The Balaban J connectivity index is 1.31. The summed E-state index contributed by atoms with van der Waals surface area (Å²) in [5.41, 5.74) is 9.00. The summed E-state index contributed by atoms with van der Waals surface area (Å²) in [7, 11) is -7.50. The fraction of sp³-hybridized carbons (Fsp3) is 0.368.